The molecule has 0 spiro atoms. The number of nitrogens with one attached hydrogen (secondary N) is 1. The third-order valence-electron chi connectivity index (χ3n) is 5.22. The molecule has 1 aliphatic heterocycles. The summed E-state index contributed by atoms with van der Waals surface area (Å²) in [7, 11) is 2.23. The molecule has 1 saturated heterocycles. The first-order valence-corrected chi connectivity index (χ1v) is 8.92. The first kappa shape index (κ1) is 16.3. The fraction of sp³-hybridized carbons (Fsp3) is 1.00. The Balaban J connectivity index is 1.47. The van der Waals surface area contributed by atoms with Crippen molar-refractivity contribution in [2.24, 2.45) is 5.92 Å². The van der Waals surface area contributed by atoms with Crippen LogP contribution >= 0.6 is 0 Å². The number of rotatable bonds is 7. The smallest absolute Gasteiger partial charge is 0.0110 e. The van der Waals surface area contributed by atoms with E-state index >= 15 is 0 Å². The minimum absolute atomic E-state index is 0.815. The predicted octanol–water partition coefficient (Wildman–Crippen LogP) is 2.57. The van der Waals surface area contributed by atoms with Crippen LogP contribution in [0.15, 0.2) is 0 Å². The average molecular weight is 281 g/mol. The molecule has 1 aliphatic carbocycles. The molecule has 2 fully saturated rings. The minimum Gasteiger partial charge on any atom is -0.314 e. The van der Waals surface area contributed by atoms with Gasteiger partial charge >= 0.3 is 0 Å². The highest BCUT2D eigenvalue weighted by Gasteiger charge is 2.20. The monoisotopic (exact) mass is 281 g/mol. The van der Waals surface area contributed by atoms with Crippen LogP contribution in [0.3, 0.4) is 0 Å². The van der Waals surface area contributed by atoms with Gasteiger partial charge in [0.2, 0.25) is 0 Å². The van der Waals surface area contributed by atoms with Crippen molar-refractivity contribution in [1.29, 1.82) is 0 Å². The van der Waals surface area contributed by atoms with Crippen molar-refractivity contribution >= 4 is 0 Å². The number of hydrogen-bond acceptors (Lipinski definition) is 3. The van der Waals surface area contributed by atoms with Crippen molar-refractivity contribution < 1.29 is 0 Å². The minimum atomic E-state index is 0.815. The molecule has 1 heterocycles. The summed E-state index contributed by atoms with van der Waals surface area (Å²) in [6.07, 6.45) is 9.90. The summed E-state index contributed by atoms with van der Waals surface area (Å²) in [5.74, 6) is 1.03. The normalized spacial score (nSPS) is 29.7. The fourth-order valence-electron chi connectivity index (χ4n) is 3.74. The highest BCUT2D eigenvalue weighted by molar-refractivity contribution is 4.77. The molecule has 0 atom stereocenters. The maximum atomic E-state index is 3.80. The van der Waals surface area contributed by atoms with Gasteiger partial charge in [-0.15, -0.1) is 0 Å². The zero-order valence-electron chi connectivity index (χ0n) is 13.7. The maximum Gasteiger partial charge on any atom is 0.0110 e. The summed E-state index contributed by atoms with van der Waals surface area (Å²) in [5.41, 5.74) is 0. The lowest BCUT2D eigenvalue weighted by Gasteiger charge is -2.33. The third kappa shape index (κ3) is 5.71. The van der Waals surface area contributed by atoms with Gasteiger partial charge in [0, 0.05) is 32.2 Å². The predicted molar refractivity (Wildman–Crippen MR) is 87.2 cm³/mol. The first-order chi connectivity index (χ1) is 9.78. The Labute approximate surface area is 126 Å². The van der Waals surface area contributed by atoms with Gasteiger partial charge in [-0.1, -0.05) is 19.8 Å². The van der Waals surface area contributed by atoms with E-state index in [1.165, 1.54) is 84.2 Å². The van der Waals surface area contributed by atoms with Crippen LogP contribution in [-0.2, 0) is 0 Å². The molecule has 1 saturated carbocycles. The van der Waals surface area contributed by atoms with Crippen molar-refractivity contribution in [3.05, 3.63) is 0 Å². The van der Waals surface area contributed by atoms with Gasteiger partial charge in [0.1, 0.15) is 0 Å². The van der Waals surface area contributed by atoms with E-state index in [0.29, 0.717) is 0 Å². The molecule has 0 unspecified atom stereocenters. The molecule has 118 valence electrons. The molecule has 0 radical (unpaired) electrons. The lowest BCUT2D eigenvalue weighted by molar-refractivity contribution is 0.152. The van der Waals surface area contributed by atoms with E-state index in [0.717, 1.165) is 12.0 Å². The second-order valence-corrected chi connectivity index (χ2v) is 6.96. The van der Waals surface area contributed by atoms with Crippen molar-refractivity contribution in [1.82, 2.24) is 15.1 Å². The van der Waals surface area contributed by atoms with Crippen LogP contribution < -0.4 is 5.32 Å². The van der Waals surface area contributed by atoms with E-state index in [-0.39, 0.29) is 0 Å². The highest BCUT2D eigenvalue weighted by atomic mass is 15.2. The quantitative estimate of drug-likeness (QED) is 0.724. The van der Waals surface area contributed by atoms with Gasteiger partial charge in [-0.25, -0.2) is 0 Å². The molecule has 0 aromatic carbocycles. The Morgan fingerprint density at radius 1 is 1.00 bits per heavy atom. The topological polar surface area (TPSA) is 18.5 Å². The standard InChI is InChI=1S/C17H35N3/c1-3-5-16-6-8-17(9-7-16)18-10-4-11-20-14-12-19(2)13-15-20/h16-18H,3-15H2,1-2H3. The Hall–Kier alpha value is -0.120. The van der Waals surface area contributed by atoms with E-state index in [4.69, 9.17) is 0 Å². The summed E-state index contributed by atoms with van der Waals surface area (Å²) in [6.45, 7) is 9.84. The van der Waals surface area contributed by atoms with Gasteiger partial charge in [0.05, 0.1) is 0 Å². The molecule has 2 aliphatic rings. The Morgan fingerprint density at radius 2 is 1.70 bits per heavy atom. The van der Waals surface area contributed by atoms with Crippen LogP contribution in [0.4, 0.5) is 0 Å². The lowest BCUT2D eigenvalue weighted by Crippen LogP contribution is -2.45. The van der Waals surface area contributed by atoms with Crippen LogP contribution in [0.1, 0.15) is 51.9 Å². The summed E-state index contributed by atoms with van der Waals surface area (Å²) in [6, 6.07) is 0.815. The second kappa shape index (κ2) is 9.01. The fourth-order valence-corrected chi connectivity index (χ4v) is 3.74. The van der Waals surface area contributed by atoms with Crippen LogP contribution in [0.5, 0.6) is 0 Å². The number of hydrogen-bond donors (Lipinski definition) is 1. The van der Waals surface area contributed by atoms with Gasteiger partial charge in [-0.3, -0.25) is 0 Å². The molecule has 0 amide bonds. The van der Waals surface area contributed by atoms with Crippen LogP contribution in [0, 0.1) is 5.92 Å². The summed E-state index contributed by atoms with van der Waals surface area (Å²) in [5, 5.41) is 3.80. The van der Waals surface area contributed by atoms with E-state index in [1.807, 2.05) is 0 Å². The van der Waals surface area contributed by atoms with Gasteiger partial charge < -0.3 is 15.1 Å². The number of nitrogens with zero attached hydrogens (tertiary/aromatic N) is 2. The summed E-state index contributed by atoms with van der Waals surface area (Å²) in [4.78, 5) is 5.06. The van der Waals surface area contributed by atoms with Crippen molar-refractivity contribution in [3.8, 4) is 0 Å². The molecule has 20 heavy (non-hydrogen) atoms. The molecule has 0 aromatic heterocycles. The third-order valence-corrected chi connectivity index (χ3v) is 5.22. The Bertz CT molecular complexity index is 241. The van der Waals surface area contributed by atoms with Gasteiger partial charge in [-0.05, 0) is 58.2 Å². The molecular formula is C17H35N3. The molecule has 0 bridgehead atoms. The zero-order valence-corrected chi connectivity index (χ0v) is 13.7. The largest absolute Gasteiger partial charge is 0.314 e. The molecule has 3 nitrogen and oxygen atoms in total. The zero-order chi connectivity index (χ0) is 14.2. The maximum absolute atomic E-state index is 3.80. The SMILES string of the molecule is CCCC1CCC(NCCCN2CCN(C)CC2)CC1. The molecule has 2 rings (SSSR count). The van der Waals surface area contributed by atoms with Crippen molar-refractivity contribution in [2.45, 2.75) is 57.9 Å². The van der Waals surface area contributed by atoms with Crippen molar-refractivity contribution in [2.75, 3.05) is 46.3 Å². The summed E-state index contributed by atoms with van der Waals surface area (Å²) < 4.78 is 0. The van der Waals surface area contributed by atoms with E-state index in [9.17, 15) is 0 Å². The molecule has 3 heteroatoms. The average Bonchev–Trinajstić information content (AvgIpc) is 2.47. The Morgan fingerprint density at radius 3 is 2.35 bits per heavy atom. The van der Waals surface area contributed by atoms with E-state index in [1.54, 1.807) is 0 Å². The molecular weight excluding hydrogens is 246 g/mol. The molecule has 1 N–H and O–H groups in total. The molecule has 0 aromatic rings. The highest BCUT2D eigenvalue weighted by Crippen LogP contribution is 2.27. The van der Waals surface area contributed by atoms with Gasteiger partial charge in [0.15, 0.2) is 0 Å². The number of likely N-dealkylation sites (N-methyl/N-ethyl adjacent to an activating group) is 1. The van der Waals surface area contributed by atoms with Crippen molar-refractivity contribution in [3.63, 3.8) is 0 Å². The first-order valence-electron chi connectivity index (χ1n) is 8.92. The number of piperazine rings is 1. The second-order valence-electron chi connectivity index (χ2n) is 6.96. The van der Waals surface area contributed by atoms with E-state index < -0.39 is 0 Å². The van der Waals surface area contributed by atoms with Gasteiger partial charge in [0.25, 0.3) is 0 Å². The van der Waals surface area contributed by atoms with Crippen LogP contribution in [0.25, 0.3) is 0 Å². The Kier molecular flexibility index (Phi) is 7.32. The van der Waals surface area contributed by atoms with Crippen LogP contribution in [-0.4, -0.2) is 62.2 Å². The lowest BCUT2D eigenvalue weighted by atomic mass is 9.83. The van der Waals surface area contributed by atoms with Crippen LogP contribution in [0.2, 0.25) is 0 Å². The summed E-state index contributed by atoms with van der Waals surface area (Å²) >= 11 is 0. The van der Waals surface area contributed by atoms with E-state index in [2.05, 4.69) is 29.1 Å². The van der Waals surface area contributed by atoms with Gasteiger partial charge in [-0.2, -0.15) is 0 Å².